The van der Waals surface area contributed by atoms with Gasteiger partial charge in [0.15, 0.2) is 34.9 Å². The van der Waals surface area contributed by atoms with Crippen molar-refractivity contribution < 1.29 is 39.4 Å². The lowest BCUT2D eigenvalue weighted by atomic mass is 9.48. The van der Waals surface area contributed by atoms with Crippen molar-refractivity contribution in [1.29, 1.82) is 0 Å². The van der Waals surface area contributed by atoms with Crippen LogP contribution < -0.4 is 14.2 Å². The number of likely N-dealkylation sites (N-methyl/N-ethyl adjacent to an activating group) is 1. The number of carbonyl (C=O) groups is 1. The van der Waals surface area contributed by atoms with Gasteiger partial charge >= 0.3 is 0 Å². The van der Waals surface area contributed by atoms with E-state index in [0.717, 1.165) is 62.4 Å². The second-order valence-electron chi connectivity index (χ2n) is 16.7. The Labute approximate surface area is 286 Å². The number of phenols is 1. The zero-order valence-electron chi connectivity index (χ0n) is 28.5. The predicted molar refractivity (Wildman–Crippen MR) is 178 cm³/mol. The Morgan fingerprint density at radius 2 is 1.59 bits per heavy atom. The minimum absolute atomic E-state index is 0.0438. The largest absolute Gasteiger partial charge is 0.504 e. The molecule has 9 atom stereocenters. The summed E-state index contributed by atoms with van der Waals surface area (Å²) in [5, 5.41) is 44.9. The number of phenolic OH excluding ortho intramolecular Hbond substituents is 1. The Hall–Kier alpha value is -2.89. The third-order valence-corrected chi connectivity index (χ3v) is 15.0. The molecule has 4 bridgehead atoms. The molecule has 0 amide bonds. The maximum absolute atomic E-state index is 12.7. The van der Waals surface area contributed by atoms with Gasteiger partial charge in [0, 0.05) is 36.2 Å². The molecule has 2 aromatic rings. The highest BCUT2D eigenvalue weighted by molar-refractivity contribution is 5.90. The lowest BCUT2D eigenvalue weighted by Crippen LogP contribution is -2.77. The number of nitrogens with zero attached hydrogens (tertiary/aromatic N) is 2. The van der Waals surface area contributed by atoms with E-state index in [1.807, 2.05) is 12.1 Å². The van der Waals surface area contributed by atoms with Crippen molar-refractivity contribution >= 4 is 5.78 Å². The lowest BCUT2D eigenvalue weighted by molar-refractivity contribution is -0.209. The molecule has 4 N–H and O–H groups in total. The summed E-state index contributed by atoms with van der Waals surface area (Å²) in [4.78, 5) is 17.4. The number of benzene rings is 2. The SMILES string of the molecule is COc1ccc2c3c1O[C@H]1C(=O)CC[C@@]4(O)[C@@H](C2)N(C)CC[C@]314.Oc1ccc2c3c1O[C@H]1[C@@H](O)CC[C@@]4(O)[C@@H](C2)N(CC2CCC2)CC[C@]314. The molecule has 10 nitrogen and oxygen atoms in total. The second kappa shape index (κ2) is 10.1. The maximum Gasteiger partial charge on any atom is 0.174 e. The van der Waals surface area contributed by atoms with Gasteiger partial charge in [0.2, 0.25) is 0 Å². The topological polar surface area (TPSA) is 132 Å². The Kier molecular flexibility index (Phi) is 6.38. The fraction of sp³-hybridized carbons (Fsp3) is 0.667. The molecule has 49 heavy (non-hydrogen) atoms. The molecular weight excluding hydrogens is 624 g/mol. The molecule has 5 aliphatic carbocycles. The Morgan fingerprint density at radius 3 is 2.35 bits per heavy atom. The van der Waals surface area contributed by atoms with Crippen LogP contribution >= 0.6 is 0 Å². The van der Waals surface area contributed by atoms with Crippen LogP contribution in [0.1, 0.15) is 80.0 Å². The van der Waals surface area contributed by atoms with Crippen molar-refractivity contribution in [2.24, 2.45) is 5.92 Å². The van der Waals surface area contributed by atoms with Crippen molar-refractivity contribution in [2.45, 2.75) is 123 Å². The number of carbonyl (C=O) groups excluding carboxylic acids is 1. The average molecular weight is 673 g/mol. The monoisotopic (exact) mass is 672 g/mol. The first kappa shape index (κ1) is 30.9. The number of aliphatic hydroxyl groups is 3. The zero-order chi connectivity index (χ0) is 33.7. The summed E-state index contributed by atoms with van der Waals surface area (Å²) in [6.45, 7) is 2.89. The van der Waals surface area contributed by atoms with E-state index < -0.39 is 40.3 Å². The lowest BCUT2D eigenvalue weighted by Gasteiger charge is -2.64. The van der Waals surface area contributed by atoms with Gasteiger partial charge in [-0.3, -0.25) is 9.69 Å². The number of rotatable bonds is 3. The molecule has 0 radical (unpaired) electrons. The van der Waals surface area contributed by atoms with Crippen LogP contribution in [0.15, 0.2) is 24.3 Å². The van der Waals surface area contributed by atoms with E-state index in [2.05, 4.69) is 22.9 Å². The van der Waals surface area contributed by atoms with Crippen LogP contribution in [-0.2, 0) is 28.5 Å². The molecule has 11 rings (SSSR count). The van der Waals surface area contributed by atoms with Crippen molar-refractivity contribution in [3.63, 3.8) is 0 Å². The summed E-state index contributed by atoms with van der Waals surface area (Å²) >= 11 is 0. The summed E-state index contributed by atoms with van der Waals surface area (Å²) in [5.74, 6) is 2.89. The molecule has 3 saturated carbocycles. The molecule has 10 heteroatoms. The summed E-state index contributed by atoms with van der Waals surface area (Å²) in [6, 6.07) is 7.84. The van der Waals surface area contributed by atoms with Gasteiger partial charge in [0.25, 0.3) is 0 Å². The maximum atomic E-state index is 12.7. The van der Waals surface area contributed by atoms with Crippen molar-refractivity contribution in [3.05, 3.63) is 46.5 Å². The fourth-order valence-corrected chi connectivity index (χ4v) is 12.5. The quantitative estimate of drug-likeness (QED) is 0.386. The predicted octanol–water partition coefficient (Wildman–Crippen LogP) is 2.76. The molecule has 0 unspecified atom stereocenters. The first-order chi connectivity index (χ1) is 23.6. The summed E-state index contributed by atoms with van der Waals surface area (Å²) in [5.41, 5.74) is 1.45. The fourth-order valence-electron chi connectivity index (χ4n) is 12.5. The molecule has 2 spiro atoms. The molecule has 4 aliphatic heterocycles. The Balaban J connectivity index is 0.000000126. The van der Waals surface area contributed by atoms with E-state index in [0.29, 0.717) is 42.9 Å². The number of piperidine rings is 2. The molecule has 2 aromatic carbocycles. The third-order valence-electron chi connectivity index (χ3n) is 15.0. The van der Waals surface area contributed by atoms with Crippen LogP contribution in [0.2, 0.25) is 0 Å². The van der Waals surface area contributed by atoms with Crippen LogP contribution in [0.5, 0.6) is 23.0 Å². The van der Waals surface area contributed by atoms with Gasteiger partial charge in [0.1, 0.15) is 6.10 Å². The van der Waals surface area contributed by atoms with Crippen LogP contribution in [0, 0.1) is 5.92 Å². The molecule has 2 saturated heterocycles. The summed E-state index contributed by atoms with van der Waals surface area (Å²) in [7, 11) is 3.70. The molecule has 5 fully saturated rings. The van der Waals surface area contributed by atoms with Gasteiger partial charge in [-0.1, -0.05) is 18.6 Å². The van der Waals surface area contributed by atoms with E-state index in [4.69, 9.17) is 14.2 Å². The van der Waals surface area contributed by atoms with Gasteiger partial charge in [-0.15, -0.1) is 0 Å². The highest BCUT2D eigenvalue weighted by Gasteiger charge is 2.74. The number of ether oxygens (including phenoxy) is 3. The van der Waals surface area contributed by atoms with E-state index in [9.17, 15) is 25.2 Å². The van der Waals surface area contributed by atoms with E-state index in [1.54, 1.807) is 13.2 Å². The van der Waals surface area contributed by atoms with Crippen molar-refractivity contribution in [1.82, 2.24) is 9.80 Å². The first-order valence-corrected chi connectivity index (χ1v) is 18.6. The number of ketones is 1. The van der Waals surface area contributed by atoms with Gasteiger partial charge in [0.05, 0.1) is 35.2 Å². The highest BCUT2D eigenvalue weighted by Crippen LogP contribution is 2.66. The number of hydrogen-bond acceptors (Lipinski definition) is 10. The zero-order valence-corrected chi connectivity index (χ0v) is 28.5. The second-order valence-corrected chi connectivity index (χ2v) is 16.7. The van der Waals surface area contributed by atoms with Gasteiger partial charge in [-0.2, -0.15) is 0 Å². The van der Waals surface area contributed by atoms with Crippen LogP contribution in [0.4, 0.5) is 0 Å². The number of aliphatic hydroxyl groups excluding tert-OH is 1. The smallest absolute Gasteiger partial charge is 0.174 e. The first-order valence-electron chi connectivity index (χ1n) is 18.6. The van der Waals surface area contributed by atoms with Gasteiger partial charge in [-0.25, -0.2) is 0 Å². The van der Waals surface area contributed by atoms with Gasteiger partial charge in [-0.05, 0) is 107 Å². The van der Waals surface area contributed by atoms with Crippen LogP contribution in [0.3, 0.4) is 0 Å². The van der Waals surface area contributed by atoms with Crippen molar-refractivity contribution in [2.75, 3.05) is 33.8 Å². The van der Waals surface area contributed by atoms with E-state index >= 15 is 0 Å². The number of hydrogen-bond donors (Lipinski definition) is 4. The molecule has 9 aliphatic rings. The van der Waals surface area contributed by atoms with Crippen molar-refractivity contribution in [3.8, 4) is 23.0 Å². The van der Waals surface area contributed by atoms with Crippen LogP contribution in [-0.4, -0.2) is 111 Å². The molecular formula is C39H48N2O8. The Bertz CT molecular complexity index is 1760. The average Bonchev–Trinajstić information content (AvgIpc) is 3.61. The summed E-state index contributed by atoms with van der Waals surface area (Å²) in [6.07, 6.45) is 7.57. The third kappa shape index (κ3) is 3.58. The highest BCUT2D eigenvalue weighted by atomic mass is 16.5. The minimum atomic E-state index is -0.900. The molecule has 262 valence electrons. The van der Waals surface area contributed by atoms with Crippen LogP contribution in [0.25, 0.3) is 0 Å². The number of aromatic hydroxyl groups is 1. The number of likely N-dealkylation sites (tertiary alicyclic amines) is 2. The molecule has 4 heterocycles. The number of Topliss-reactive ketones (excluding diaryl/α,β-unsaturated/α-hetero) is 1. The number of methoxy groups -OCH3 is 1. The normalized spacial score (nSPS) is 42.1. The minimum Gasteiger partial charge on any atom is -0.504 e. The Morgan fingerprint density at radius 1 is 0.878 bits per heavy atom. The van der Waals surface area contributed by atoms with Gasteiger partial charge < -0.3 is 39.5 Å². The molecule has 0 aromatic heterocycles. The summed E-state index contributed by atoms with van der Waals surface area (Å²) < 4.78 is 17.8. The standard InChI is InChI=1S/C21H27NO4.C18H21NO4/c23-14-5-4-13-10-16-21(25)7-6-15(24)19-20(21,17(13)18(14)26-19)8-9-22(16)11-12-2-1-3-12;1-19-8-7-17-14-10-3-4-12(22-2)15(14)23-16(17)11(20)5-6-18(17,21)13(19)9-10/h4-5,12,15-16,19,23-25H,1-3,6-11H2;3-4,13,16,21H,5-9H2,1-2H3/t15-,16+,19-,20-,21+;13-,16+,17+,18-/m01/s1. The van der Waals surface area contributed by atoms with E-state index in [-0.39, 0.29) is 23.6 Å². The van der Waals surface area contributed by atoms with E-state index in [1.165, 1.54) is 30.4 Å².